The van der Waals surface area contributed by atoms with Crippen molar-refractivity contribution in [3.8, 4) is 5.88 Å². The molecule has 1 aliphatic heterocycles. The van der Waals surface area contributed by atoms with Gasteiger partial charge in [0.2, 0.25) is 5.88 Å². The number of methoxy groups -OCH3 is 1. The van der Waals surface area contributed by atoms with E-state index >= 15 is 0 Å². The largest absolute Gasteiger partial charge is 0.479 e. The Bertz CT molecular complexity index is 393. The second-order valence-corrected chi connectivity index (χ2v) is 4.44. The van der Waals surface area contributed by atoms with Gasteiger partial charge in [-0.15, -0.1) is 0 Å². The molecule has 0 aromatic carbocycles. The summed E-state index contributed by atoms with van der Waals surface area (Å²) in [5.41, 5.74) is 5.59. The first-order valence-electron chi connectivity index (χ1n) is 5.30. The zero-order valence-electron chi connectivity index (χ0n) is 9.60. The molecule has 0 amide bonds. The first-order valence-corrected chi connectivity index (χ1v) is 5.30. The lowest BCUT2D eigenvalue weighted by Gasteiger charge is -2.20. The molecule has 0 spiro atoms. The number of nitrogens with zero attached hydrogens (tertiary/aromatic N) is 2. The predicted octanol–water partition coefficient (Wildman–Crippen LogP) is 0.634. The van der Waals surface area contributed by atoms with Crippen LogP contribution in [0.3, 0.4) is 0 Å². The van der Waals surface area contributed by atoms with Gasteiger partial charge in [-0.05, 0) is 25.5 Å². The molecule has 1 aromatic rings. The molecule has 1 aliphatic rings. The van der Waals surface area contributed by atoms with E-state index in [2.05, 4.69) is 4.98 Å². The minimum absolute atomic E-state index is 0.434. The lowest BCUT2D eigenvalue weighted by molar-refractivity contribution is 0.0839. The number of aromatic nitrogens is 1. The van der Waals surface area contributed by atoms with Crippen LogP contribution in [0.25, 0.3) is 0 Å². The first kappa shape index (κ1) is 11.0. The van der Waals surface area contributed by atoms with Crippen LogP contribution in [0.15, 0.2) is 12.1 Å². The van der Waals surface area contributed by atoms with Gasteiger partial charge < -0.3 is 20.5 Å². The molecule has 0 bridgehead atoms. The van der Waals surface area contributed by atoms with Crippen molar-refractivity contribution in [2.45, 2.75) is 18.9 Å². The van der Waals surface area contributed by atoms with Gasteiger partial charge in [0, 0.05) is 13.1 Å². The normalized spacial score (nSPS) is 24.8. The molecule has 1 atom stereocenters. The van der Waals surface area contributed by atoms with E-state index in [9.17, 15) is 5.11 Å². The molecule has 1 aromatic heterocycles. The van der Waals surface area contributed by atoms with Crippen molar-refractivity contribution in [1.29, 1.82) is 0 Å². The van der Waals surface area contributed by atoms with Crippen LogP contribution in [0.1, 0.15) is 13.3 Å². The molecule has 0 radical (unpaired) electrons. The smallest absolute Gasteiger partial charge is 0.238 e. The van der Waals surface area contributed by atoms with Gasteiger partial charge in [0.25, 0.3) is 0 Å². The summed E-state index contributed by atoms with van der Waals surface area (Å²) in [7, 11) is 1.54. The highest BCUT2D eigenvalue weighted by Gasteiger charge is 2.32. The number of anilines is 2. The number of β-amino-alcohol motifs (C(OH)–C–C–N with tert-alkyl or cyclic N) is 1. The van der Waals surface area contributed by atoms with Crippen LogP contribution in [0.4, 0.5) is 11.5 Å². The van der Waals surface area contributed by atoms with E-state index in [-0.39, 0.29) is 0 Å². The van der Waals surface area contributed by atoms with Crippen LogP contribution in [0.2, 0.25) is 0 Å². The molecule has 0 aliphatic carbocycles. The topological polar surface area (TPSA) is 71.6 Å². The van der Waals surface area contributed by atoms with Crippen LogP contribution in [-0.2, 0) is 0 Å². The SMILES string of the molecule is COc1nc(N2CCC(C)(O)C2)ccc1N. The summed E-state index contributed by atoms with van der Waals surface area (Å²) in [6.45, 7) is 3.22. The first-order chi connectivity index (χ1) is 7.52. The molecule has 3 N–H and O–H groups in total. The monoisotopic (exact) mass is 223 g/mol. The number of rotatable bonds is 2. The summed E-state index contributed by atoms with van der Waals surface area (Å²) in [4.78, 5) is 6.34. The van der Waals surface area contributed by atoms with Crippen molar-refractivity contribution in [3.05, 3.63) is 12.1 Å². The standard InChI is InChI=1S/C11H17N3O2/c1-11(15)5-6-14(7-11)9-4-3-8(12)10(13-9)16-2/h3-4,15H,5-7,12H2,1-2H3. The summed E-state index contributed by atoms with van der Waals surface area (Å²) >= 11 is 0. The Balaban J connectivity index is 2.22. The molecule has 0 saturated carbocycles. The number of pyridine rings is 1. The number of hydrogen-bond donors (Lipinski definition) is 2. The minimum Gasteiger partial charge on any atom is -0.479 e. The molecular weight excluding hydrogens is 206 g/mol. The summed E-state index contributed by atoms with van der Waals surface area (Å²) in [5, 5.41) is 9.88. The van der Waals surface area contributed by atoms with E-state index in [1.807, 2.05) is 17.9 Å². The highest BCUT2D eigenvalue weighted by molar-refractivity contribution is 5.55. The summed E-state index contributed by atoms with van der Waals surface area (Å²) in [6, 6.07) is 3.62. The molecule has 2 rings (SSSR count). The van der Waals surface area contributed by atoms with Gasteiger partial charge in [0.05, 0.1) is 18.4 Å². The van der Waals surface area contributed by atoms with Gasteiger partial charge in [-0.1, -0.05) is 0 Å². The Kier molecular flexibility index (Phi) is 2.63. The average Bonchev–Trinajstić information content (AvgIpc) is 2.59. The number of nitrogens with two attached hydrogens (primary N) is 1. The van der Waals surface area contributed by atoms with Gasteiger partial charge in [-0.25, -0.2) is 0 Å². The van der Waals surface area contributed by atoms with Gasteiger partial charge in [0.15, 0.2) is 0 Å². The molecule has 16 heavy (non-hydrogen) atoms. The fourth-order valence-electron chi connectivity index (χ4n) is 1.92. The van der Waals surface area contributed by atoms with E-state index in [0.717, 1.165) is 18.8 Å². The molecule has 88 valence electrons. The second kappa shape index (κ2) is 3.83. The van der Waals surface area contributed by atoms with Gasteiger partial charge in [-0.2, -0.15) is 4.98 Å². The van der Waals surface area contributed by atoms with Gasteiger partial charge in [-0.3, -0.25) is 0 Å². The zero-order chi connectivity index (χ0) is 11.8. The molecule has 1 unspecified atom stereocenters. The van der Waals surface area contributed by atoms with Crippen molar-refractivity contribution in [2.24, 2.45) is 0 Å². The van der Waals surface area contributed by atoms with E-state index in [4.69, 9.17) is 10.5 Å². The third-order valence-corrected chi connectivity index (χ3v) is 2.84. The number of aliphatic hydroxyl groups is 1. The Labute approximate surface area is 94.8 Å². The molecule has 1 saturated heterocycles. The fraction of sp³-hybridized carbons (Fsp3) is 0.545. The van der Waals surface area contributed by atoms with Crippen LogP contribution in [-0.4, -0.2) is 35.9 Å². The quantitative estimate of drug-likeness (QED) is 0.769. The molecule has 2 heterocycles. The van der Waals surface area contributed by atoms with Crippen molar-refractivity contribution in [2.75, 3.05) is 30.8 Å². The van der Waals surface area contributed by atoms with Gasteiger partial charge >= 0.3 is 0 Å². The Hall–Kier alpha value is -1.49. The van der Waals surface area contributed by atoms with Crippen LogP contribution in [0, 0.1) is 0 Å². The third-order valence-electron chi connectivity index (χ3n) is 2.84. The van der Waals surface area contributed by atoms with E-state index in [1.54, 1.807) is 13.2 Å². The van der Waals surface area contributed by atoms with Crippen molar-refractivity contribution >= 4 is 11.5 Å². The Morgan fingerprint density at radius 3 is 2.88 bits per heavy atom. The lowest BCUT2D eigenvalue weighted by atomic mass is 10.1. The average molecular weight is 223 g/mol. The van der Waals surface area contributed by atoms with Crippen molar-refractivity contribution in [1.82, 2.24) is 4.98 Å². The van der Waals surface area contributed by atoms with Crippen molar-refractivity contribution in [3.63, 3.8) is 0 Å². The molecule has 5 heteroatoms. The second-order valence-electron chi connectivity index (χ2n) is 4.44. The molecule has 1 fully saturated rings. The third kappa shape index (κ3) is 2.04. The van der Waals surface area contributed by atoms with Gasteiger partial charge in [0.1, 0.15) is 5.82 Å². The minimum atomic E-state index is -0.629. The summed E-state index contributed by atoms with van der Waals surface area (Å²) in [6.07, 6.45) is 0.751. The summed E-state index contributed by atoms with van der Waals surface area (Å²) in [5.74, 6) is 1.23. The number of hydrogen-bond acceptors (Lipinski definition) is 5. The van der Waals surface area contributed by atoms with Crippen LogP contribution in [0.5, 0.6) is 5.88 Å². The maximum Gasteiger partial charge on any atom is 0.238 e. The molecular formula is C11H17N3O2. The Morgan fingerprint density at radius 1 is 1.56 bits per heavy atom. The maximum absolute atomic E-state index is 9.88. The van der Waals surface area contributed by atoms with E-state index in [0.29, 0.717) is 18.1 Å². The van der Waals surface area contributed by atoms with Crippen LogP contribution >= 0.6 is 0 Å². The number of nitrogen functional groups attached to an aromatic ring is 1. The highest BCUT2D eigenvalue weighted by atomic mass is 16.5. The lowest BCUT2D eigenvalue weighted by Crippen LogP contribution is -2.30. The van der Waals surface area contributed by atoms with Crippen molar-refractivity contribution < 1.29 is 9.84 Å². The Morgan fingerprint density at radius 2 is 2.31 bits per heavy atom. The zero-order valence-corrected chi connectivity index (χ0v) is 9.60. The fourth-order valence-corrected chi connectivity index (χ4v) is 1.92. The molecule has 5 nitrogen and oxygen atoms in total. The van der Waals surface area contributed by atoms with E-state index in [1.165, 1.54) is 0 Å². The van der Waals surface area contributed by atoms with Crippen LogP contribution < -0.4 is 15.4 Å². The highest BCUT2D eigenvalue weighted by Crippen LogP contribution is 2.28. The summed E-state index contributed by atoms with van der Waals surface area (Å²) < 4.78 is 5.07. The van der Waals surface area contributed by atoms with E-state index < -0.39 is 5.60 Å². The number of ether oxygens (including phenoxy) is 1. The maximum atomic E-state index is 9.88. The predicted molar refractivity (Wildman–Crippen MR) is 62.7 cm³/mol.